The molecule has 0 aromatic heterocycles. The molecule has 0 heterocycles. The van der Waals surface area contributed by atoms with E-state index in [0.29, 0.717) is 0 Å². The molecule has 0 aliphatic heterocycles. The van der Waals surface area contributed by atoms with E-state index in [1.54, 1.807) is 0 Å². The molecule has 0 aromatic rings. The van der Waals surface area contributed by atoms with Gasteiger partial charge in [-0.15, -0.1) is 0 Å². The van der Waals surface area contributed by atoms with Gasteiger partial charge in [0.1, 0.15) is 0 Å². The van der Waals surface area contributed by atoms with Gasteiger partial charge in [0.2, 0.25) is 54.2 Å². The lowest BCUT2D eigenvalue weighted by Crippen LogP contribution is -2.71. The summed E-state index contributed by atoms with van der Waals surface area (Å²) < 4.78 is 138. The van der Waals surface area contributed by atoms with Crippen molar-refractivity contribution < 1.29 is 89.0 Å². The summed E-state index contributed by atoms with van der Waals surface area (Å²) in [5.41, 5.74) is 0. The van der Waals surface area contributed by atoms with Gasteiger partial charge in [-0.05, 0) is 0 Å². The first-order chi connectivity index (χ1) is 11.9. The van der Waals surface area contributed by atoms with Crippen molar-refractivity contribution in [2.75, 3.05) is 0 Å². The van der Waals surface area contributed by atoms with Crippen LogP contribution in [-0.4, -0.2) is 96.5 Å². The Labute approximate surface area is 155 Å². The van der Waals surface area contributed by atoms with Gasteiger partial charge >= 0.3 is 0 Å². The molecule has 0 fully saturated rings. The third-order valence-electron chi connectivity index (χ3n) is 2.06. The fourth-order valence-electron chi connectivity index (χ4n) is 1.22. The number of aliphatic hydroxyl groups is 4. The highest BCUT2D eigenvalue weighted by Crippen LogP contribution is 2.36. The maximum absolute atomic E-state index is 10.6. The zero-order valence-corrected chi connectivity index (χ0v) is 15.4. The van der Waals surface area contributed by atoms with Crippen molar-refractivity contribution in [1.82, 2.24) is 0 Å². The van der Waals surface area contributed by atoms with Gasteiger partial charge in [-0.2, -0.15) is 0 Å². The molecule has 24 heteroatoms. The van der Waals surface area contributed by atoms with Gasteiger partial charge in [0, 0.05) is 0 Å². The first-order valence-electron chi connectivity index (χ1n) is 5.34. The van der Waals surface area contributed by atoms with Crippen LogP contribution in [0.25, 0.3) is 0 Å². The van der Waals surface area contributed by atoms with Crippen molar-refractivity contribution in [1.29, 1.82) is 0 Å². The van der Waals surface area contributed by atoms with E-state index in [4.69, 9.17) is 0 Å². The molecule has 0 radical (unpaired) electrons. The van der Waals surface area contributed by atoms with Crippen LogP contribution in [0.1, 0.15) is 0 Å². The van der Waals surface area contributed by atoms with Crippen molar-refractivity contribution >= 4 is 41.6 Å². The molecule has 0 aliphatic carbocycles. The minimum Gasteiger partial charge on any atom is -0.725 e. The zero-order valence-electron chi connectivity index (χ0n) is 12.1. The third-order valence-corrected chi connectivity index (χ3v) is 3.81. The summed E-state index contributed by atoms with van der Waals surface area (Å²) in [5, 5.41) is 37.9. The first-order valence-corrected chi connectivity index (χ1v) is 10.7. The summed E-state index contributed by atoms with van der Waals surface area (Å²) in [6.07, 6.45) is -8.53. The van der Waals surface area contributed by atoms with E-state index >= 15 is 0 Å². The minimum atomic E-state index is -6.57. The Hall–Kier alpha value is -0.680. The second kappa shape index (κ2) is 8.22. The first kappa shape index (κ1) is 27.3. The highest BCUT2D eigenvalue weighted by Gasteiger charge is 2.67. The van der Waals surface area contributed by atoms with Crippen LogP contribution in [0, 0.1) is 0 Å². The maximum Gasteiger partial charge on any atom is 0.295 e. The van der Waals surface area contributed by atoms with E-state index in [2.05, 4.69) is 16.7 Å². The lowest BCUT2D eigenvalue weighted by atomic mass is 10.1. The molecule has 4 N–H and O–H groups in total. The van der Waals surface area contributed by atoms with Gasteiger partial charge in [-0.3, -0.25) is 0 Å². The van der Waals surface area contributed by atoms with Crippen molar-refractivity contribution in [3.63, 3.8) is 0 Å². The second-order valence-electron chi connectivity index (χ2n) is 4.09. The van der Waals surface area contributed by atoms with Gasteiger partial charge in [-0.25, -0.2) is 50.4 Å². The van der Waals surface area contributed by atoms with Gasteiger partial charge < -0.3 is 38.6 Å². The van der Waals surface area contributed by atoms with Gasteiger partial charge in [-0.1, -0.05) is 0 Å². The zero-order chi connectivity index (χ0) is 23.0. The standard InChI is InChI=1S/C4H10O20S4/c5-1(21-25(9,10)11)3(7,23-27(15,16)17)4(8,24-28(18,19)20)2(6)22-26(12,13)14/h1-2,5-8H,(H,9,10,11)(H,12,13,14)(H,15,16,17)(H,18,19,20)/p-4. The topological polar surface area (TPSA) is 347 Å². The van der Waals surface area contributed by atoms with Gasteiger partial charge in [0.05, 0.1) is 0 Å². The molecule has 0 aliphatic rings. The summed E-state index contributed by atoms with van der Waals surface area (Å²) in [4.78, 5) is 0. The van der Waals surface area contributed by atoms with Crippen LogP contribution in [0.5, 0.6) is 0 Å². The summed E-state index contributed by atoms with van der Waals surface area (Å²) >= 11 is 0. The molecule has 20 nitrogen and oxygen atoms in total. The van der Waals surface area contributed by atoms with E-state index in [1.807, 2.05) is 0 Å². The van der Waals surface area contributed by atoms with Crippen LogP contribution in [0.15, 0.2) is 0 Å². The van der Waals surface area contributed by atoms with E-state index in [0.717, 1.165) is 0 Å². The second-order valence-corrected chi connectivity index (χ2v) is 8.07. The highest BCUT2D eigenvalue weighted by atomic mass is 32.3. The molecule has 0 rings (SSSR count). The summed E-state index contributed by atoms with van der Waals surface area (Å²) in [6, 6.07) is 0. The number of hydrogen-bond donors (Lipinski definition) is 4. The molecule has 4 unspecified atom stereocenters. The molecule has 170 valence electrons. The Bertz CT molecular complexity index is 889. The predicted molar refractivity (Wildman–Crippen MR) is 65.0 cm³/mol. The van der Waals surface area contributed by atoms with E-state index in [1.165, 1.54) is 0 Å². The Balaban J connectivity index is 6.83. The van der Waals surface area contributed by atoms with Crippen LogP contribution in [0.4, 0.5) is 0 Å². The van der Waals surface area contributed by atoms with Crippen LogP contribution >= 0.6 is 0 Å². The molecule has 0 bridgehead atoms. The fourth-order valence-corrected chi connectivity index (χ4v) is 2.95. The predicted octanol–water partition coefficient (Wildman–Crippen LogP) is -7.09. The van der Waals surface area contributed by atoms with Crippen LogP contribution in [0.3, 0.4) is 0 Å². The summed E-state index contributed by atoms with van der Waals surface area (Å²) in [5.74, 6) is -10.7. The smallest absolute Gasteiger partial charge is 0.295 e. The van der Waals surface area contributed by atoms with E-state index in [-0.39, 0.29) is 0 Å². The molecule has 0 spiro atoms. The van der Waals surface area contributed by atoms with Crippen LogP contribution in [0.2, 0.25) is 0 Å². The van der Waals surface area contributed by atoms with Crippen molar-refractivity contribution in [2.45, 2.75) is 24.2 Å². The lowest BCUT2D eigenvalue weighted by Gasteiger charge is -2.44. The highest BCUT2D eigenvalue weighted by molar-refractivity contribution is 7.81. The Morgan fingerprint density at radius 3 is 0.929 bits per heavy atom. The molecule has 4 atom stereocenters. The summed E-state index contributed by atoms with van der Waals surface area (Å²) in [7, 11) is -25.7. The molecular weight excluding hydrogens is 496 g/mol. The average Bonchev–Trinajstić information content (AvgIpc) is 2.29. The van der Waals surface area contributed by atoms with Gasteiger partial charge in [0.15, 0.2) is 0 Å². The number of hydrogen-bond acceptors (Lipinski definition) is 20. The minimum absolute atomic E-state index is 2.95. The molecular formula is C4H6O20S4-4. The third kappa shape index (κ3) is 8.36. The number of aliphatic hydroxyl groups excluding tert-OH is 2. The quantitative estimate of drug-likeness (QED) is 0.116. The fraction of sp³-hybridized carbons (Fsp3) is 1.00. The van der Waals surface area contributed by atoms with Crippen LogP contribution < -0.4 is 0 Å². The normalized spacial score (nSPS) is 20.7. The SMILES string of the molecule is O=S(=O)([O-])OC(O)C(O)(OS(=O)(=O)[O-])C(O)(OS(=O)(=O)[O-])C(O)OS(=O)(=O)[O-]. The van der Waals surface area contributed by atoms with Crippen molar-refractivity contribution in [2.24, 2.45) is 0 Å². The number of rotatable bonds is 11. The maximum atomic E-state index is 10.6. The molecule has 0 saturated heterocycles. The molecule has 0 aromatic carbocycles. The molecule has 0 saturated carbocycles. The average molecular weight is 502 g/mol. The Morgan fingerprint density at radius 2 is 0.786 bits per heavy atom. The lowest BCUT2D eigenvalue weighted by molar-refractivity contribution is -0.426. The van der Waals surface area contributed by atoms with E-state index < -0.39 is 65.8 Å². The molecule has 28 heavy (non-hydrogen) atoms. The van der Waals surface area contributed by atoms with Gasteiger partial charge in [0.25, 0.3) is 11.6 Å². The van der Waals surface area contributed by atoms with Crippen molar-refractivity contribution in [3.8, 4) is 0 Å². The Kier molecular flexibility index (Phi) is 8.02. The van der Waals surface area contributed by atoms with Crippen molar-refractivity contribution in [3.05, 3.63) is 0 Å². The monoisotopic (exact) mass is 502 g/mol. The van der Waals surface area contributed by atoms with E-state index in [9.17, 15) is 72.3 Å². The largest absolute Gasteiger partial charge is 0.725 e. The van der Waals surface area contributed by atoms with Crippen LogP contribution in [-0.2, 0) is 58.3 Å². The summed E-state index contributed by atoms with van der Waals surface area (Å²) in [6.45, 7) is 0. The Morgan fingerprint density at radius 1 is 0.571 bits per heavy atom. The molecule has 0 amide bonds.